The Morgan fingerprint density at radius 2 is 2.21 bits per heavy atom. The molecule has 0 amide bonds. The van der Waals surface area contributed by atoms with Crippen LogP contribution in [0.1, 0.15) is 5.56 Å². The summed E-state index contributed by atoms with van der Waals surface area (Å²) in [4.78, 5) is 4.06. The minimum atomic E-state index is 0.437. The molecule has 0 spiro atoms. The Balaban J connectivity index is 2.57. The van der Waals surface area contributed by atoms with Crippen LogP contribution in [0.4, 0.5) is 0 Å². The molecule has 1 aromatic heterocycles. The van der Waals surface area contributed by atoms with Crippen LogP contribution in [0.15, 0.2) is 27.5 Å². The number of rotatable bonds is 1. The molecule has 0 fully saturated rings. The number of hydrogen-bond donors (Lipinski definition) is 0. The summed E-state index contributed by atoms with van der Waals surface area (Å²) in [6.07, 6.45) is 0. The summed E-state index contributed by atoms with van der Waals surface area (Å²) in [6.45, 7) is 1.91. The highest BCUT2D eigenvalue weighted by Gasteiger charge is 2.10. The van der Waals surface area contributed by atoms with E-state index in [9.17, 15) is 0 Å². The van der Waals surface area contributed by atoms with Gasteiger partial charge in [-0.05, 0) is 45.7 Å². The summed E-state index contributed by atoms with van der Waals surface area (Å²) in [5.74, 6) is 0.469. The average Bonchev–Trinajstić information content (AvgIpc) is 2.57. The second-order valence-electron chi connectivity index (χ2n) is 2.78. The summed E-state index contributed by atoms with van der Waals surface area (Å²) in [5.41, 5.74) is 1.79. The van der Waals surface area contributed by atoms with Crippen LogP contribution >= 0.6 is 27.5 Å². The molecule has 0 radical (unpaired) electrons. The van der Waals surface area contributed by atoms with Crippen LogP contribution in [0.25, 0.3) is 11.5 Å². The molecule has 0 aliphatic rings. The van der Waals surface area contributed by atoms with Crippen molar-refractivity contribution in [3.05, 3.63) is 33.5 Å². The highest BCUT2D eigenvalue weighted by atomic mass is 79.9. The molecule has 1 aromatic carbocycles. The van der Waals surface area contributed by atoms with E-state index < -0.39 is 0 Å². The van der Waals surface area contributed by atoms with E-state index in [0.29, 0.717) is 15.6 Å². The van der Waals surface area contributed by atoms with Crippen LogP contribution in [-0.4, -0.2) is 10.1 Å². The van der Waals surface area contributed by atoms with Gasteiger partial charge >= 0.3 is 0 Å². The summed E-state index contributed by atoms with van der Waals surface area (Å²) < 4.78 is 5.46. The quantitative estimate of drug-likeness (QED) is 0.798. The molecule has 1 heterocycles. The smallest absolute Gasteiger partial charge is 0.259 e. The van der Waals surface area contributed by atoms with Gasteiger partial charge in [0.2, 0.25) is 4.73 Å². The Morgan fingerprint density at radius 1 is 1.43 bits per heavy atom. The van der Waals surface area contributed by atoms with E-state index >= 15 is 0 Å². The molecule has 0 unspecified atom stereocenters. The molecule has 2 aromatic rings. The lowest BCUT2D eigenvalue weighted by atomic mass is 10.1. The van der Waals surface area contributed by atoms with Crippen LogP contribution in [0.5, 0.6) is 0 Å². The lowest BCUT2D eigenvalue weighted by Gasteiger charge is -2.01. The predicted octanol–water partition coefficient (Wildman–Crippen LogP) is 3.46. The van der Waals surface area contributed by atoms with Crippen molar-refractivity contribution in [2.45, 2.75) is 6.92 Å². The highest BCUT2D eigenvalue weighted by Crippen LogP contribution is 2.27. The maximum atomic E-state index is 5.97. The Morgan fingerprint density at radius 3 is 2.86 bits per heavy atom. The molecule has 0 saturated heterocycles. The largest absolute Gasteiger partial charge is 0.333 e. The number of nitrogens with zero attached hydrogens (tertiary/aromatic N) is 2. The SMILES string of the molecule is Cc1c(Cl)cccc1-c1nc(Br)no1. The number of aromatic nitrogens is 2. The van der Waals surface area contributed by atoms with E-state index in [2.05, 4.69) is 26.1 Å². The maximum absolute atomic E-state index is 5.97. The van der Waals surface area contributed by atoms with Crippen molar-refractivity contribution in [2.24, 2.45) is 0 Å². The molecule has 0 aliphatic carbocycles. The van der Waals surface area contributed by atoms with E-state index in [0.717, 1.165) is 11.1 Å². The summed E-state index contributed by atoms with van der Waals surface area (Å²) in [5, 5.41) is 4.34. The topological polar surface area (TPSA) is 38.9 Å². The first kappa shape index (κ1) is 9.68. The number of hydrogen-bond acceptors (Lipinski definition) is 3. The van der Waals surface area contributed by atoms with Crippen LogP contribution in [0.2, 0.25) is 5.02 Å². The number of benzene rings is 1. The van der Waals surface area contributed by atoms with E-state index in [4.69, 9.17) is 16.1 Å². The predicted molar refractivity (Wildman–Crippen MR) is 57.2 cm³/mol. The Bertz CT molecular complexity index is 470. The van der Waals surface area contributed by atoms with Crippen molar-refractivity contribution in [1.29, 1.82) is 0 Å². The minimum Gasteiger partial charge on any atom is -0.333 e. The molecule has 0 N–H and O–H groups in total. The minimum absolute atomic E-state index is 0.437. The van der Waals surface area contributed by atoms with E-state index in [1.807, 2.05) is 25.1 Å². The zero-order valence-electron chi connectivity index (χ0n) is 7.29. The van der Waals surface area contributed by atoms with Gasteiger partial charge in [0.15, 0.2) is 0 Å². The zero-order chi connectivity index (χ0) is 10.1. The lowest BCUT2D eigenvalue weighted by molar-refractivity contribution is 0.426. The summed E-state index contributed by atoms with van der Waals surface area (Å²) >= 11 is 9.09. The Kier molecular flexibility index (Phi) is 2.56. The van der Waals surface area contributed by atoms with Gasteiger partial charge in [-0.3, -0.25) is 0 Å². The van der Waals surface area contributed by atoms with E-state index in [1.165, 1.54) is 0 Å². The molecule has 3 nitrogen and oxygen atoms in total. The van der Waals surface area contributed by atoms with Crippen molar-refractivity contribution >= 4 is 27.5 Å². The van der Waals surface area contributed by atoms with Crippen molar-refractivity contribution in [1.82, 2.24) is 10.1 Å². The molecular formula is C9H6BrClN2O. The average molecular weight is 274 g/mol. The van der Waals surface area contributed by atoms with Gasteiger partial charge in [-0.1, -0.05) is 17.7 Å². The first-order chi connectivity index (χ1) is 6.68. The fraction of sp³-hybridized carbons (Fsp3) is 0.111. The normalized spacial score (nSPS) is 10.5. The fourth-order valence-electron chi connectivity index (χ4n) is 1.15. The third-order valence-corrected chi connectivity index (χ3v) is 2.63. The third-order valence-electron chi connectivity index (χ3n) is 1.90. The van der Waals surface area contributed by atoms with Crippen molar-refractivity contribution < 1.29 is 4.52 Å². The first-order valence-corrected chi connectivity index (χ1v) is 5.10. The fourth-order valence-corrected chi connectivity index (χ4v) is 1.56. The van der Waals surface area contributed by atoms with Crippen molar-refractivity contribution in [3.8, 4) is 11.5 Å². The molecule has 5 heteroatoms. The standard InChI is InChI=1S/C9H6BrClN2O/c1-5-6(3-2-4-7(5)11)8-12-9(10)13-14-8/h2-4H,1H3. The highest BCUT2D eigenvalue weighted by molar-refractivity contribution is 9.10. The van der Waals surface area contributed by atoms with Crippen LogP contribution in [-0.2, 0) is 0 Å². The van der Waals surface area contributed by atoms with E-state index in [1.54, 1.807) is 0 Å². The molecular weight excluding hydrogens is 267 g/mol. The van der Waals surface area contributed by atoms with Crippen molar-refractivity contribution in [2.75, 3.05) is 0 Å². The van der Waals surface area contributed by atoms with Gasteiger partial charge in [0.05, 0.1) is 0 Å². The number of halogens is 2. The van der Waals surface area contributed by atoms with Crippen LogP contribution < -0.4 is 0 Å². The third kappa shape index (κ3) is 1.67. The molecule has 14 heavy (non-hydrogen) atoms. The first-order valence-electron chi connectivity index (χ1n) is 3.93. The van der Waals surface area contributed by atoms with Gasteiger partial charge in [-0.25, -0.2) is 0 Å². The molecule has 0 aliphatic heterocycles. The van der Waals surface area contributed by atoms with Gasteiger partial charge in [0.1, 0.15) is 0 Å². The van der Waals surface area contributed by atoms with Gasteiger partial charge in [-0.2, -0.15) is 4.98 Å². The zero-order valence-corrected chi connectivity index (χ0v) is 9.63. The molecule has 72 valence electrons. The van der Waals surface area contributed by atoms with Gasteiger partial charge in [0.25, 0.3) is 5.89 Å². The molecule has 0 atom stereocenters. The Hall–Kier alpha value is -0.870. The van der Waals surface area contributed by atoms with Crippen molar-refractivity contribution in [3.63, 3.8) is 0 Å². The molecule has 0 saturated carbocycles. The maximum Gasteiger partial charge on any atom is 0.259 e. The molecule has 2 rings (SSSR count). The monoisotopic (exact) mass is 272 g/mol. The molecule has 0 bridgehead atoms. The summed E-state index contributed by atoms with van der Waals surface area (Å²) in [7, 11) is 0. The van der Waals surface area contributed by atoms with E-state index in [-0.39, 0.29) is 0 Å². The summed E-state index contributed by atoms with van der Waals surface area (Å²) in [6, 6.07) is 5.57. The second-order valence-corrected chi connectivity index (χ2v) is 3.90. The van der Waals surface area contributed by atoms with Gasteiger partial charge < -0.3 is 4.52 Å². The van der Waals surface area contributed by atoms with Gasteiger partial charge in [-0.15, -0.1) is 0 Å². The van der Waals surface area contributed by atoms with Gasteiger partial charge in [0, 0.05) is 10.6 Å². The second kappa shape index (κ2) is 3.71. The lowest BCUT2D eigenvalue weighted by Crippen LogP contribution is -1.83. The van der Waals surface area contributed by atoms with Crippen LogP contribution in [0.3, 0.4) is 0 Å². The van der Waals surface area contributed by atoms with Crippen LogP contribution in [0, 0.1) is 6.92 Å². The Labute approximate surface area is 94.2 Å².